The smallest absolute Gasteiger partial charge is 0.201 e. The summed E-state index contributed by atoms with van der Waals surface area (Å²) in [6, 6.07) is 4.13. The normalized spacial score (nSPS) is 11.2. The largest absolute Gasteiger partial charge is 0.440 e. The molecule has 0 saturated carbocycles. The molecule has 0 spiro atoms. The Hall–Kier alpha value is -1.88. The van der Waals surface area contributed by atoms with E-state index in [1.807, 2.05) is 18.4 Å². The summed E-state index contributed by atoms with van der Waals surface area (Å²) in [7, 11) is 0. The van der Waals surface area contributed by atoms with E-state index in [0.717, 1.165) is 22.4 Å². The lowest BCUT2D eigenvalue weighted by Crippen LogP contribution is -1.89. The van der Waals surface area contributed by atoms with E-state index >= 15 is 0 Å². The zero-order valence-electron chi connectivity index (χ0n) is 10.2. The van der Waals surface area contributed by atoms with Gasteiger partial charge in [0.05, 0.1) is 12.1 Å². The van der Waals surface area contributed by atoms with E-state index in [1.165, 1.54) is 16.9 Å². The number of anilines is 1. The van der Waals surface area contributed by atoms with E-state index in [9.17, 15) is 0 Å². The van der Waals surface area contributed by atoms with Gasteiger partial charge in [0.25, 0.3) is 0 Å². The van der Waals surface area contributed by atoms with Crippen LogP contribution in [0.3, 0.4) is 0 Å². The van der Waals surface area contributed by atoms with Gasteiger partial charge in [-0.25, -0.2) is 9.97 Å². The molecule has 3 aromatic rings. The van der Waals surface area contributed by atoms with Gasteiger partial charge in [-0.3, -0.25) is 0 Å². The van der Waals surface area contributed by atoms with Crippen molar-refractivity contribution in [2.75, 3.05) is 5.73 Å². The van der Waals surface area contributed by atoms with Gasteiger partial charge in [0, 0.05) is 5.38 Å². The molecule has 0 aliphatic rings. The molecule has 0 fully saturated rings. The number of rotatable bonds is 2. The molecule has 0 amide bonds. The minimum Gasteiger partial charge on any atom is -0.440 e. The van der Waals surface area contributed by atoms with E-state index in [2.05, 4.69) is 23.0 Å². The molecule has 0 radical (unpaired) electrons. The second-order valence-electron chi connectivity index (χ2n) is 4.39. The number of oxazole rings is 1. The third kappa shape index (κ3) is 1.97. The molecule has 0 atom stereocenters. The highest BCUT2D eigenvalue weighted by molar-refractivity contribution is 7.13. The van der Waals surface area contributed by atoms with Crippen LogP contribution in [0.1, 0.15) is 22.7 Å². The fourth-order valence-electron chi connectivity index (χ4n) is 2.06. The number of aromatic nitrogens is 2. The number of nitrogens with two attached hydrogens (primary N) is 1. The topological polar surface area (TPSA) is 64.9 Å². The fourth-order valence-corrected chi connectivity index (χ4v) is 2.62. The Morgan fingerprint density at radius 2 is 2.11 bits per heavy atom. The third-order valence-corrected chi connectivity index (χ3v) is 3.49. The maximum atomic E-state index is 5.78. The summed E-state index contributed by atoms with van der Waals surface area (Å²) in [5, 5.41) is 2.51. The van der Waals surface area contributed by atoms with Gasteiger partial charge in [0.2, 0.25) is 5.89 Å². The lowest BCUT2D eigenvalue weighted by Gasteiger charge is -1.95. The minimum absolute atomic E-state index is 0.577. The number of benzene rings is 1. The molecular weight excluding hydrogens is 246 g/mol. The Labute approximate surface area is 108 Å². The average Bonchev–Trinajstić information content (AvgIpc) is 2.85. The number of nitrogen functional groups attached to an aromatic ring is 1. The predicted molar refractivity (Wildman–Crippen MR) is 72.8 cm³/mol. The number of fused-ring (bicyclic) bond motifs is 1. The van der Waals surface area contributed by atoms with Crippen LogP contribution in [0.2, 0.25) is 0 Å². The molecule has 0 aliphatic carbocycles. The maximum Gasteiger partial charge on any atom is 0.201 e. The summed E-state index contributed by atoms with van der Waals surface area (Å²) in [5.41, 5.74) is 10.6. The number of aryl methyl sites for hydroxylation is 2. The molecule has 0 aliphatic heterocycles. The number of hydrogen-bond donors (Lipinski definition) is 1. The van der Waals surface area contributed by atoms with Gasteiger partial charge in [0.1, 0.15) is 5.52 Å². The first-order chi connectivity index (χ1) is 8.61. The van der Waals surface area contributed by atoms with E-state index in [4.69, 9.17) is 10.2 Å². The Kier molecular flexibility index (Phi) is 2.56. The molecular formula is C13H13N3OS. The van der Waals surface area contributed by atoms with Crippen LogP contribution in [0.15, 0.2) is 21.9 Å². The van der Waals surface area contributed by atoms with E-state index in [1.54, 1.807) is 0 Å². The SMILES string of the molecule is Cc1cc(C)c2oc(Cc3csc(N)n3)nc2c1. The van der Waals surface area contributed by atoms with Crippen LogP contribution < -0.4 is 5.73 Å². The first-order valence-electron chi connectivity index (χ1n) is 5.68. The van der Waals surface area contributed by atoms with Crippen LogP contribution in [-0.2, 0) is 6.42 Å². The van der Waals surface area contributed by atoms with Crippen molar-refractivity contribution in [2.24, 2.45) is 0 Å². The molecule has 2 N–H and O–H groups in total. The first-order valence-corrected chi connectivity index (χ1v) is 6.56. The van der Waals surface area contributed by atoms with Crippen molar-refractivity contribution in [1.82, 2.24) is 9.97 Å². The number of hydrogen-bond acceptors (Lipinski definition) is 5. The molecule has 0 saturated heterocycles. The second-order valence-corrected chi connectivity index (χ2v) is 5.28. The molecule has 3 rings (SSSR count). The highest BCUT2D eigenvalue weighted by atomic mass is 32.1. The van der Waals surface area contributed by atoms with Crippen molar-refractivity contribution in [2.45, 2.75) is 20.3 Å². The molecule has 2 heterocycles. The first kappa shape index (κ1) is 11.2. The van der Waals surface area contributed by atoms with Crippen LogP contribution in [-0.4, -0.2) is 9.97 Å². The number of nitrogens with zero attached hydrogens (tertiary/aromatic N) is 2. The van der Waals surface area contributed by atoms with Gasteiger partial charge in [0.15, 0.2) is 10.7 Å². The highest BCUT2D eigenvalue weighted by Crippen LogP contribution is 2.23. The zero-order valence-corrected chi connectivity index (χ0v) is 11.0. The van der Waals surface area contributed by atoms with Crippen molar-refractivity contribution < 1.29 is 4.42 Å². The lowest BCUT2D eigenvalue weighted by molar-refractivity contribution is 0.540. The number of thiazole rings is 1. The summed E-state index contributed by atoms with van der Waals surface area (Å²) >= 11 is 1.43. The van der Waals surface area contributed by atoms with E-state index in [0.29, 0.717) is 17.4 Å². The molecule has 92 valence electrons. The van der Waals surface area contributed by atoms with Gasteiger partial charge in [-0.05, 0) is 31.0 Å². The summed E-state index contributed by atoms with van der Waals surface area (Å²) < 4.78 is 5.78. The van der Waals surface area contributed by atoms with Gasteiger partial charge in [-0.15, -0.1) is 11.3 Å². The van der Waals surface area contributed by atoms with Gasteiger partial charge >= 0.3 is 0 Å². The van der Waals surface area contributed by atoms with Gasteiger partial charge in [-0.1, -0.05) is 6.07 Å². The zero-order chi connectivity index (χ0) is 12.7. The van der Waals surface area contributed by atoms with Gasteiger partial charge in [-0.2, -0.15) is 0 Å². The molecule has 18 heavy (non-hydrogen) atoms. The van der Waals surface area contributed by atoms with Crippen LogP contribution in [0.4, 0.5) is 5.13 Å². The van der Waals surface area contributed by atoms with Crippen molar-refractivity contribution >= 4 is 27.6 Å². The summed E-state index contributed by atoms with van der Waals surface area (Å²) in [4.78, 5) is 8.71. The van der Waals surface area contributed by atoms with Crippen LogP contribution in [0.25, 0.3) is 11.1 Å². The Bertz CT molecular complexity index is 714. The summed E-state index contributed by atoms with van der Waals surface area (Å²) in [6.07, 6.45) is 0.584. The standard InChI is InChI=1S/C13H13N3OS/c1-7-3-8(2)12-10(4-7)16-11(17-12)5-9-6-18-13(14)15-9/h3-4,6H,5H2,1-2H3,(H2,14,15). The molecule has 0 bridgehead atoms. The van der Waals surface area contributed by atoms with Crippen molar-refractivity contribution in [3.8, 4) is 0 Å². The molecule has 0 unspecified atom stereocenters. The minimum atomic E-state index is 0.577. The van der Waals surface area contributed by atoms with Crippen molar-refractivity contribution in [3.63, 3.8) is 0 Å². The third-order valence-electron chi connectivity index (χ3n) is 2.77. The molecule has 1 aromatic carbocycles. The fraction of sp³-hybridized carbons (Fsp3) is 0.231. The van der Waals surface area contributed by atoms with Crippen molar-refractivity contribution in [3.05, 3.63) is 40.2 Å². The molecule has 4 nitrogen and oxygen atoms in total. The Balaban J connectivity index is 2.01. The second kappa shape index (κ2) is 4.10. The van der Waals surface area contributed by atoms with Crippen LogP contribution in [0.5, 0.6) is 0 Å². The lowest BCUT2D eigenvalue weighted by atomic mass is 10.1. The molecule has 5 heteroatoms. The Morgan fingerprint density at radius 1 is 1.28 bits per heavy atom. The summed E-state index contributed by atoms with van der Waals surface area (Å²) in [5.74, 6) is 0.684. The van der Waals surface area contributed by atoms with Crippen LogP contribution >= 0.6 is 11.3 Å². The summed E-state index contributed by atoms with van der Waals surface area (Å²) in [6.45, 7) is 4.09. The Morgan fingerprint density at radius 3 is 2.83 bits per heavy atom. The van der Waals surface area contributed by atoms with Gasteiger partial charge < -0.3 is 10.2 Å². The highest BCUT2D eigenvalue weighted by Gasteiger charge is 2.10. The van der Waals surface area contributed by atoms with Crippen LogP contribution in [0, 0.1) is 13.8 Å². The van der Waals surface area contributed by atoms with Crippen molar-refractivity contribution in [1.29, 1.82) is 0 Å². The van der Waals surface area contributed by atoms with E-state index < -0.39 is 0 Å². The quantitative estimate of drug-likeness (QED) is 0.768. The molecule has 2 aromatic heterocycles. The predicted octanol–water partition coefficient (Wildman–Crippen LogP) is 3.07. The average molecular weight is 259 g/mol. The van der Waals surface area contributed by atoms with E-state index in [-0.39, 0.29) is 0 Å². The maximum absolute atomic E-state index is 5.78. The monoisotopic (exact) mass is 259 g/mol.